The van der Waals surface area contributed by atoms with Gasteiger partial charge in [0.1, 0.15) is 5.69 Å². The van der Waals surface area contributed by atoms with E-state index in [1.807, 2.05) is 40.1 Å². The Balaban J connectivity index is 1.60. The van der Waals surface area contributed by atoms with Gasteiger partial charge >= 0.3 is 0 Å². The number of rotatable bonds is 3. The number of hydrogen-bond acceptors (Lipinski definition) is 5. The second-order valence-corrected chi connectivity index (χ2v) is 7.93. The van der Waals surface area contributed by atoms with Gasteiger partial charge in [-0.15, -0.1) is 0 Å². The van der Waals surface area contributed by atoms with E-state index in [-0.39, 0.29) is 29.8 Å². The van der Waals surface area contributed by atoms with E-state index in [0.717, 1.165) is 31.2 Å². The third-order valence-corrected chi connectivity index (χ3v) is 5.92. The number of aryl methyl sites for hydroxylation is 1. The Hall–Kier alpha value is -2.96. The number of benzene rings is 1. The van der Waals surface area contributed by atoms with E-state index in [4.69, 9.17) is 5.73 Å². The summed E-state index contributed by atoms with van der Waals surface area (Å²) in [6.07, 6.45) is 4.06. The summed E-state index contributed by atoms with van der Waals surface area (Å²) in [5.74, 6) is 0.171. The molecule has 3 heterocycles. The van der Waals surface area contributed by atoms with Gasteiger partial charge in [0.15, 0.2) is 0 Å². The maximum atomic E-state index is 13.2. The predicted molar refractivity (Wildman–Crippen MR) is 110 cm³/mol. The number of nitrogens with zero attached hydrogens (tertiary/aromatic N) is 4. The first-order chi connectivity index (χ1) is 14.0. The summed E-state index contributed by atoms with van der Waals surface area (Å²) in [6, 6.07) is 11.8. The Kier molecular flexibility index (Phi) is 5.47. The van der Waals surface area contributed by atoms with E-state index in [0.29, 0.717) is 30.9 Å². The van der Waals surface area contributed by atoms with Crippen LogP contribution < -0.4 is 5.73 Å². The van der Waals surface area contributed by atoms with Gasteiger partial charge in [0, 0.05) is 25.2 Å². The topological polar surface area (TPSA) is 92.4 Å². The van der Waals surface area contributed by atoms with Crippen molar-refractivity contribution in [2.24, 2.45) is 0 Å². The molecule has 4 rings (SSSR count). The monoisotopic (exact) mass is 393 g/mol. The van der Waals surface area contributed by atoms with Crippen LogP contribution in [0.1, 0.15) is 53.8 Å². The van der Waals surface area contributed by atoms with Crippen LogP contribution in [0.25, 0.3) is 0 Å². The third kappa shape index (κ3) is 4.09. The molecule has 1 aromatic heterocycles. The number of fused-ring (bicyclic) bond motifs is 1. The Labute approximate surface area is 170 Å². The van der Waals surface area contributed by atoms with Crippen molar-refractivity contribution in [1.82, 2.24) is 19.8 Å². The van der Waals surface area contributed by atoms with Gasteiger partial charge in [0.25, 0.3) is 5.91 Å². The van der Waals surface area contributed by atoms with E-state index < -0.39 is 0 Å². The summed E-state index contributed by atoms with van der Waals surface area (Å²) < 4.78 is 0. The minimum absolute atomic E-state index is 0.00644. The molecule has 0 aliphatic carbocycles. The maximum absolute atomic E-state index is 13.2. The Morgan fingerprint density at radius 1 is 1.14 bits per heavy atom. The molecule has 7 heteroatoms. The standard InChI is InChI=1S/C22H27N5O2/c1-15-13-17(25-22(23)24-15)21(29)26-12-11-19-18(26)9-5-6-10-20(28)27(19)14-16-7-3-2-4-8-16/h2-4,7-8,13,18-19H,5-6,9-12,14H2,1H3,(H2,23,24,25)/t18-,19+/m1/s1. The largest absolute Gasteiger partial charge is 0.368 e. The zero-order valence-electron chi connectivity index (χ0n) is 16.8. The number of nitrogens with two attached hydrogens (primary N) is 1. The number of carbonyl (C=O) groups excluding carboxylic acids is 2. The van der Waals surface area contributed by atoms with Crippen molar-refractivity contribution in [2.75, 3.05) is 12.3 Å². The number of aromatic nitrogens is 2. The SMILES string of the molecule is Cc1cc(C(=O)N2CC[C@H]3[C@H]2CCCCC(=O)N3Cc2ccccc2)nc(N)n1. The molecule has 2 atom stereocenters. The lowest BCUT2D eigenvalue weighted by Gasteiger charge is -2.37. The minimum Gasteiger partial charge on any atom is -0.368 e. The van der Waals surface area contributed by atoms with Crippen LogP contribution in [-0.2, 0) is 11.3 Å². The highest BCUT2D eigenvalue weighted by atomic mass is 16.2. The number of nitrogen functional groups attached to an aromatic ring is 1. The third-order valence-electron chi connectivity index (χ3n) is 5.92. The summed E-state index contributed by atoms with van der Waals surface area (Å²) in [6.45, 7) is 3.01. The van der Waals surface area contributed by atoms with Crippen molar-refractivity contribution in [3.63, 3.8) is 0 Å². The number of likely N-dealkylation sites (tertiary alicyclic amines) is 2. The summed E-state index contributed by atoms with van der Waals surface area (Å²) >= 11 is 0. The van der Waals surface area contributed by atoms with Gasteiger partial charge in [-0.05, 0) is 37.8 Å². The van der Waals surface area contributed by atoms with Gasteiger partial charge in [0.2, 0.25) is 11.9 Å². The molecular formula is C22H27N5O2. The molecule has 2 aliphatic rings. The molecule has 2 aliphatic heterocycles. The summed E-state index contributed by atoms with van der Waals surface area (Å²) in [5, 5.41) is 0. The van der Waals surface area contributed by atoms with Gasteiger partial charge in [-0.2, -0.15) is 0 Å². The first-order valence-corrected chi connectivity index (χ1v) is 10.3. The van der Waals surface area contributed by atoms with Gasteiger partial charge in [-0.25, -0.2) is 9.97 Å². The smallest absolute Gasteiger partial charge is 0.272 e. The van der Waals surface area contributed by atoms with Crippen LogP contribution in [0.4, 0.5) is 5.95 Å². The summed E-state index contributed by atoms with van der Waals surface area (Å²) in [7, 11) is 0. The van der Waals surface area contributed by atoms with Crippen molar-refractivity contribution in [3.8, 4) is 0 Å². The molecule has 2 amide bonds. The average molecular weight is 393 g/mol. The van der Waals surface area contributed by atoms with E-state index >= 15 is 0 Å². The molecule has 2 saturated heterocycles. The Morgan fingerprint density at radius 3 is 2.69 bits per heavy atom. The average Bonchev–Trinajstić information content (AvgIpc) is 3.10. The minimum atomic E-state index is -0.123. The zero-order valence-corrected chi connectivity index (χ0v) is 16.8. The molecule has 2 N–H and O–H groups in total. The van der Waals surface area contributed by atoms with Crippen molar-refractivity contribution in [1.29, 1.82) is 0 Å². The van der Waals surface area contributed by atoms with Crippen LogP contribution in [-0.4, -0.2) is 50.2 Å². The fourth-order valence-corrected chi connectivity index (χ4v) is 4.59. The molecule has 2 fully saturated rings. The Morgan fingerprint density at radius 2 is 1.93 bits per heavy atom. The van der Waals surface area contributed by atoms with Crippen LogP contribution in [0.2, 0.25) is 0 Å². The number of anilines is 1. The van der Waals surface area contributed by atoms with Gasteiger partial charge in [-0.1, -0.05) is 36.8 Å². The molecule has 152 valence electrons. The molecule has 0 radical (unpaired) electrons. The van der Waals surface area contributed by atoms with Crippen LogP contribution in [0.15, 0.2) is 36.4 Å². The number of hydrogen-bond donors (Lipinski definition) is 1. The molecule has 2 aromatic rings. The highest BCUT2D eigenvalue weighted by Crippen LogP contribution is 2.32. The molecule has 0 spiro atoms. The van der Waals surface area contributed by atoms with Crippen LogP contribution in [0.3, 0.4) is 0 Å². The molecule has 1 aromatic carbocycles. The molecule has 0 saturated carbocycles. The van der Waals surface area contributed by atoms with E-state index in [2.05, 4.69) is 9.97 Å². The van der Waals surface area contributed by atoms with Crippen molar-refractivity contribution < 1.29 is 9.59 Å². The zero-order chi connectivity index (χ0) is 20.4. The summed E-state index contributed by atoms with van der Waals surface area (Å²) in [4.78, 5) is 38.3. The highest BCUT2D eigenvalue weighted by Gasteiger charge is 2.42. The summed E-state index contributed by atoms with van der Waals surface area (Å²) in [5.41, 5.74) is 7.88. The number of carbonyl (C=O) groups is 2. The van der Waals surface area contributed by atoms with Crippen LogP contribution in [0.5, 0.6) is 0 Å². The quantitative estimate of drug-likeness (QED) is 0.865. The van der Waals surface area contributed by atoms with Gasteiger partial charge in [0.05, 0.1) is 12.1 Å². The van der Waals surface area contributed by atoms with Crippen LogP contribution in [0, 0.1) is 6.92 Å². The first-order valence-electron chi connectivity index (χ1n) is 10.3. The van der Waals surface area contributed by atoms with Crippen LogP contribution >= 0.6 is 0 Å². The predicted octanol–water partition coefficient (Wildman–Crippen LogP) is 2.55. The lowest BCUT2D eigenvalue weighted by Crippen LogP contribution is -2.49. The van der Waals surface area contributed by atoms with Crippen molar-refractivity contribution >= 4 is 17.8 Å². The molecule has 7 nitrogen and oxygen atoms in total. The van der Waals surface area contributed by atoms with E-state index in [9.17, 15) is 9.59 Å². The van der Waals surface area contributed by atoms with Gasteiger partial charge in [-0.3, -0.25) is 9.59 Å². The van der Waals surface area contributed by atoms with E-state index in [1.54, 1.807) is 13.0 Å². The molecule has 0 unspecified atom stereocenters. The second kappa shape index (κ2) is 8.19. The fourth-order valence-electron chi connectivity index (χ4n) is 4.59. The molecule has 0 bridgehead atoms. The van der Waals surface area contributed by atoms with Gasteiger partial charge < -0.3 is 15.5 Å². The Bertz CT molecular complexity index is 881. The normalized spacial score (nSPS) is 22.2. The first kappa shape index (κ1) is 19.4. The fraction of sp³-hybridized carbons (Fsp3) is 0.455. The highest BCUT2D eigenvalue weighted by molar-refractivity contribution is 5.93. The maximum Gasteiger partial charge on any atom is 0.272 e. The number of amides is 2. The lowest BCUT2D eigenvalue weighted by molar-refractivity contribution is -0.135. The van der Waals surface area contributed by atoms with E-state index in [1.165, 1.54) is 0 Å². The molecular weight excluding hydrogens is 366 g/mol. The van der Waals surface area contributed by atoms with Crippen molar-refractivity contribution in [3.05, 3.63) is 53.3 Å². The molecule has 29 heavy (non-hydrogen) atoms. The second-order valence-electron chi connectivity index (χ2n) is 7.93. The van der Waals surface area contributed by atoms with Crippen molar-refractivity contribution in [2.45, 2.75) is 57.7 Å². The lowest BCUT2D eigenvalue weighted by atomic mass is 9.96.